The number of aromatic nitrogens is 1. The van der Waals surface area contributed by atoms with Gasteiger partial charge in [0, 0.05) is 30.0 Å². The van der Waals surface area contributed by atoms with Crippen molar-refractivity contribution in [1.29, 1.82) is 0 Å². The van der Waals surface area contributed by atoms with Gasteiger partial charge in [-0.1, -0.05) is 19.9 Å². The largest absolute Gasteiger partial charge is 0.494 e. The number of alkyl halides is 3. The monoisotopic (exact) mass is 603 g/mol. The Balaban J connectivity index is 1.26. The van der Waals surface area contributed by atoms with E-state index in [0.717, 1.165) is 18.7 Å². The molecule has 1 fully saturated rings. The Kier molecular flexibility index (Phi) is 7.06. The van der Waals surface area contributed by atoms with Crippen LogP contribution in [0.3, 0.4) is 0 Å². The summed E-state index contributed by atoms with van der Waals surface area (Å²) in [7, 11) is -3.20. The second kappa shape index (κ2) is 10.2. The number of rotatable bonds is 9. The van der Waals surface area contributed by atoms with E-state index in [1.54, 1.807) is 6.07 Å². The maximum atomic E-state index is 15.3. The van der Waals surface area contributed by atoms with E-state index >= 15 is 4.39 Å². The summed E-state index contributed by atoms with van der Waals surface area (Å²) >= 11 is 0. The van der Waals surface area contributed by atoms with Gasteiger partial charge in [0.1, 0.15) is 28.0 Å². The number of benzene rings is 2. The normalized spacial score (nSPS) is 21.9. The number of nitrogens with zero attached hydrogens (tertiary/aromatic N) is 1. The molecule has 10 heteroatoms. The lowest BCUT2D eigenvalue weighted by molar-refractivity contribution is -0.138. The van der Waals surface area contributed by atoms with Crippen LogP contribution in [-0.4, -0.2) is 32.0 Å². The Labute approximate surface area is 243 Å². The molecule has 224 valence electrons. The van der Waals surface area contributed by atoms with Crippen LogP contribution < -0.4 is 9.47 Å². The zero-order valence-corrected chi connectivity index (χ0v) is 24.5. The summed E-state index contributed by atoms with van der Waals surface area (Å²) in [6.07, 6.45) is 1.05. The molecule has 0 saturated heterocycles. The molecule has 5 nitrogen and oxygen atoms in total. The molecule has 1 aromatic heterocycles. The van der Waals surface area contributed by atoms with Crippen LogP contribution in [0, 0.1) is 11.7 Å². The summed E-state index contributed by atoms with van der Waals surface area (Å²) in [4.78, 5) is 4.40. The van der Waals surface area contributed by atoms with Gasteiger partial charge in [-0.15, -0.1) is 0 Å². The zero-order chi connectivity index (χ0) is 30.0. The van der Waals surface area contributed by atoms with Crippen LogP contribution in [0.2, 0.25) is 0 Å². The third-order valence-corrected chi connectivity index (χ3v) is 9.88. The van der Waals surface area contributed by atoms with E-state index in [0.29, 0.717) is 35.3 Å². The van der Waals surface area contributed by atoms with Crippen molar-refractivity contribution in [3.05, 3.63) is 87.4 Å². The number of halogens is 4. The number of sulfone groups is 1. The lowest BCUT2D eigenvalue weighted by Crippen LogP contribution is -2.15. The molecule has 0 N–H and O–H groups in total. The standard InChI is InChI=1S/C32H33F4NO4S/c1-31(2)15-25(22-6-5-21(13-28(22)32(34,35)36)40-7-4-8-42(3,38)39)24-11-20(29(33)14-27(24)31)17-41-30-12-19-9-18-10-23(18)26(19)16-37-30/h5-6,11-14,16,18,23,25H,4,7-10,15,17H2,1-3H3/t18-,23+,25?/m0/s1. The fraction of sp³-hybridized carbons (Fsp3) is 0.469. The zero-order valence-electron chi connectivity index (χ0n) is 23.7. The van der Waals surface area contributed by atoms with Crippen LogP contribution in [0.25, 0.3) is 0 Å². The van der Waals surface area contributed by atoms with Crippen LogP contribution in [0.4, 0.5) is 17.6 Å². The van der Waals surface area contributed by atoms with Gasteiger partial charge in [0.25, 0.3) is 0 Å². The molecular weight excluding hydrogens is 570 g/mol. The molecule has 1 unspecified atom stereocenters. The van der Waals surface area contributed by atoms with Crippen molar-refractivity contribution in [3.63, 3.8) is 0 Å². The highest BCUT2D eigenvalue weighted by atomic mass is 32.2. The van der Waals surface area contributed by atoms with Gasteiger partial charge in [0.2, 0.25) is 5.88 Å². The molecule has 3 aliphatic carbocycles. The van der Waals surface area contributed by atoms with Crippen molar-refractivity contribution in [2.75, 3.05) is 18.6 Å². The molecule has 42 heavy (non-hydrogen) atoms. The summed E-state index contributed by atoms with van der Waals surface area (Å²) in [5.41, 5.74) is 2.81. The van der Waals surface area contributed by atoms with Crippen molar-refractivity contribution < 1.29 is 35.5 Å². The second-order valence-corrected chi connectivity index (χ2v) is 14.8. The van der Waals surface area contributed by atoms with Crippen molar-refractivity contribution in [1.82, 2.24) is 4.98 Å². The minimum absolute atomic E-state index is 0.0180. The van der Waals surface area contributed by atoms with Gasteiger partial charge < -0.3 is 9.47 Å². The summed E-state index contributed by atoms with van der Waals surface area (Å²) in [6.45, 7) is 3.71. The molecule has 1 saturated carbocycles. The van der Waals surface area contributed by atoms with Gasteiger partial charge in [-0.3, -0.25) is 0 Å². The molecule has 0 radical (unpaired) electrons. The number of hydrogen-bond donors (Lipinski definition) is 0. The molecule has 3 aliphatic rings. The Bertz CT molecular complexity index is 1650. The Hall–Kier alpha value is -3.14. The smallest absolute Gasteiger partial charge is 0.416 e. The second-order valence-electron chi connectivity index (χ2n) is 12.6. The lowest BCUT2D eigenvalue weighted by Gasteiger charge is -2.22. The van der Waals surface area contributed by atoms with E-state index in [-0.39, 0.29) is 42.3 Å². The SMILES string of the molecule is CC1(C)CC(c2ccc(OCCCS(C)(=O)=O)cc2C(F)(F)F)c2cc(COc3cc4c(cn3)[C@@H]3C[C@@H]3C4)c(F)cc21. The number of ether oxygens (including phenoxy) is 2. The molecule has 0 aliphatic heterocycles. The topological polar surface area (TPSA) is 65.5 Å². The van der Waals surface area contributed by atoms with Gasteiger partial charge in [-0.25, -0.2) is 17.8 Å². The van der Waals surface area contributed by atoms with Gasteiger partial charge in [-0.2, -0.15) is 13.2 Å². The highest BCUT2D eigenvalue weighted by molar-refractivity contribution is 7.90. The minimum atomic E-state index is -4.65. The summed E-state index contributed by atoms with van der Waals surface area (Å²) in [6, 6.07) is 8.86. The molecule has 3 atom stereocenters. The molecular formula is C32H33F4NO4S. The molecule has 6 rings (SSSR count). The van der Waals surface area contributed by atoms with Gasteiger partial charge in [0.15, 0.2) is 0 Å². The average Bonchev–Trinajstić information content (AvgIpc) is 3.50. The van der Waals surface area contributed by atoms with Crippen LogP contribution >= 0.6 is 0 Å². The number of pyridine rings is 1. The van der Waals surface area contributed by atoms with E-state index in [2.05, 4.69) is 4.98 Å². The fourth-order valence-corrected chi connectivity index (χ4v) is 7.32. The Morgan fingerprint density at radius 3 is 2.57 bits per heavy atom. The minimum Gasteiger partial charge on any atom is -0.494 e. The first-order chi connectivity index (χ1) is 19.7. The van der Waals surface area contributed by atoms with E-state index in [1.807, 2.05) is 26.1 Å². The van der Waals surface area contributed by atoms with Crippen LogP contribution in [0.15, 0.2) is 42.6 Å². The van der Waals surface area contributed by atoms with E-state index in [4.69, 9.17) is 9.47 Å². The summed E-state index contributed by atoms with van der Waals surface area (Å²) < 4.78 is 92.4. The Morgan fingerprint density at radius 2 is 1.83 bits per heavy atom. The highest BCUT2D eigenvalue weighted by Crippen LogP contribution is 2.56. The fourth-order valence-electron chi connectivity index (χ4n) is 6.68. The molecule has 0 spiro atoms. The molecule has 3 aromatic rings. The highest BCUT2D eigenvalue weighted by Gasteiger charge is 2.45. The Morgan fingerprint density at radius 1 is 1.05 bits per heavy atom. The van der Waals surface area contributed by atoms with E-state index < -0.39 is 38.7 Å². The first kappa shape index (κ1) is 29.0. The van der Waals surface area contributed by atoms with Gasteiger partial charge in [-0.05, 0) is 95.0 Å². The molecule has 2 aromatic carbocycles. The third kappa shape index (κ3) is 5.74. The van der Waals surface area contributed by atoms with Crippen LogP contribution in [0.1, 0.15) is 83.9 Å². The molecule has 0 amide bonds. The van der Waals surface area contributed by atoms with Crippen molar-refractivity contribution in [2.45, 2.75) is 69.6 Å². The van der Waals surface area contributed by atoms with Crippen LogP contribution in [-0.2, 0) is 34.5 Å². The first-order valence-electron chi connectivity index (χ1n) is 14.2. The van der Waals surface area contributed by atoms with E-state index in [1.165, 1.54) is 35.7 Å². The van der Waals surface area contributed by atoms with Crippen molar-refractivity contribution in [2.24, 2.45) is 5.92 Å². The van der Waals surface area contributed by atoms with E-state index in [9.17, 15) is 21.6 Å². The maximum Gasteiger partial charge on any atom is 0.416 e. The predicted octanol–water partition coefficient (Wildman–Crippen LogP) is 7.10. The predicted molar refractivity (Wildman–Crippen MR) is 150 cm³/mol. The summed E-state index contributed by atoms with van der Waals surface area (Å²) in [5.74, 6) is 0.556. The van der Waals surface area contributed by atoms with Crippen molar-refractivity contribution in [3.8, 4) is 11.6 Å². The number of hydrogen-bond acceptors (Lipinski definition) is 5. The number of fused-ring (bicyclic) bond motifs is 4. The van der Waals surface area contributed by atoms with Crippen LogP contribution in [0.5, 0.6) is 11.6 Å². The van der Waals surface area contributed by atoms with Gasteiger partial charge >= 0.3 is 6.18 Å². The average molecular weight is 604 g/mol. The lowest BCUT2D eigenvalue weighted by atomic mass is 9.84. The maximum absolute atomic E-state index is 15.3. The first-order valence-corrected chi connectivity index (χ1v) is 16.2. The molecule has 1 heterocycles. The summed E-state index contributed by atoms with van der Waals surface area (Å²) in [5, 5.41) is 0. The van der Waals surface area contributed by atoms with Crippen molar-refractivity contribution >= 4 is 9.84 Å². The quantitative estimate of drug-likeness (QED) is 0.193. The third-order valence-electron chi connectivity index (χ3n) is 8.85. The van der Waals surface area contributed by atoms with Gasteiger partial charge in [0.05, 0.1) is 17.9 Å². The molecule has 0 bridgehead atoms.